The summed E-state index contributed by atoms with van der Waals surface area (Å²) in [4.78, 5) is 0. The summed E-state index contributed by atoms with van der Waals surface area (Å²) in [6, 6.07) is 5.70. The van der Waals surface area contributed by atoms with Crippen LogP contribution in [0.15, 0.2) is 48.1 Å². The van der Waals surface area contributed by atoms with Gasteiger partial charge in [0.2, 0.25) is 0 Å². The number of hydrogen-bond donors (Lipinski definition) is 2. The molecule has 0 fully saturated rings. The summed E-state index contributed by atoms with van der Waals surface area (Å²) in [5.74, 6) is 0.513. The lowest BCUT2D eigenvalue weighted by atomic mass is 9.97. The van der Waals surface area contributed by atoms with E-state index >= 15 is 0 Å². The van der Waals surface area contributed by atoms with E-state index in [0.29, 0.717) is 5.69 Å². The molecule has 1 aromatic rings. The van der Waals surface area contributed by atoms with Crippen LogP contribution < -0.4 is 11.5 Å². The minimum absolute atomic E-state index is 0.251. The van der Waals surface area contributed by atoms with Crippen LogP contribution in [0.3, 0.4) is 0 Å². The highest BCUT2D eigenvalue weighted by atomic mass is 19.1. The Morgan fingerprint density at radius 3 is 2.00 bits per heavy atom. The first kappa shape index (κ1) is 21.7. The second-order valence-electron chi connectivity index (χ2n) is 4.26. The van der Waals surface area contributed by atoms with Crippen LogP contribution >= 0.6 is 0 Å². The van der Waals surface area contributed by atoms with Crippen LogP contribution in [0.5, 0.6) is 0 Å². The molecule has 4 N–H and O–H groups in total. The molecule has 0 saturated carbocycles. The van der Waals surface area contributed by atoms with Crippen LogP contribution in [0.2, 0.25) is 0 Å². The van der Waals surface area contributed by atoms with Crippen molar-refractivity contribution >= 4 is 5.69 Å². The maximum atomic E-state index is 12.0. The van der Waals surface area contributed by atoms with Crippen molar-refractivity contribution in [3.8, 4) is 0 Å². The van der Waals surface area contributed by atoms with Crippen molar-refractivity contribution in [3.05, 3.63) is 53.9 Å². The molecule has 1 unspecified atom stereocenters. The quantitative estimate of drug-likeness (QED) is 0.722. The summed E-state index contributed by atoms with van der Waals surface area (Å²) in [7, 11) is 1.50. The second kappa shape index (κ2) is 14.8. The Morgan fingerprint density at radius 2 is 1.67 bits per heavy atom. The standard InChI is InChI=1S/C9H14.C6H6FN.C2H6.CH5N/c1-3-9-6-4-8(2)5-7-9;7-5-1-3-6(8)4-2-5;2*1-2/h4,6-8H,3,5H2,1-2H3;1-4H,8H2;1-2H3;2H2,1H3. The first-order chi connectivity index (χ1) is 10.1. The third-order valence-electron chi connectivity index (χ3n) is 2.67. The molecule has 1 aromatic carbocycles. The van der Waals surface area contributed by atoms with Gasteiger partial charge < -0.3 is 11.5 Å². The van der Waals surface area contributed by atoms with Crippen LogP contribution in [-0.4, -0.2) is 7.05 Å². The zero-order valence-corrected chi connectivity index (χ0v) is 14.1. The molecule has 120 valence electrons. The smallest absolute Gasteiger partial charge is 0.123 e. The first-order valence-electron chi connectivity index (χ1n) is 7.57. The van der Waals surface area contributed by atoms with E-state index in [1.165, 1.54) is 49.7 Å². The highest BCUT2D eigenvalue weighted by molar-refractivity contribution is 5.36. The van der Waals surface area contributed by atoms with Gasteiger partial charge in [-0.05, 0) is 50.1 Å². The zero-order valence-electron chi connectivity index (χ0n) is 14.1. The van der Waals surface area contributed by atoms with E-state index in [-0.39, 0.29) is 5.82 Å². The third-order valence-corrected chi connectivity index (χ3v) is 2.67. The molecule has 21 heavy (non-hydrogen) atoms. The maximum Gasteiger partial charge on any atom is 0.123 e. The molecule has 1 atom stereocenters. The summed E-state index contributed by atoms with van der Waals surface area (Å²) in [6.45, 7) is 8.45. The van der Waals surface area contributed by atoms with Gasteiger partial charge in [0.1, 0.15) is 5.82 Å². The molecule has 0 radical (unpaired) electrons. The molecule has 3 heteroatoms. The fourth-order valence-corrected chi connectivity index (χ4v) is 1.50. The topological polar surface area (TPSA) is 52.0 Å². The van der Waals surface area contributed by atoms with E-state index in [1.807, 2.05) is 13.8 Å². The normalized spacial score (nSPS) is 15.2. The molecule has 0 spiro atoms. The number of nitrogen functional groups attached to an aromatic ring is 1. The van der Waals surface area contributed by atoms with Crippen LogP contribution in [0, 0.1) is 11.7 Å². The van der Waals surface area contributed by atoms with Crippen LogP contribution in [-0.2, 0) is 0 Å². The summed E-state index contributed by atoms with van der Waals surface area (Å²) in [5, 5.41) is 0. The molecular weight excluding hydrogens is 263 g/mol. The van der Waals surface area contributed by atoms with Gasteiger partial charge in [0.15, 0.2) is 0 Å². The van der Waals surface area contributed by atoms with E-state index in [9.17, 15) is 4.39 Å². The van der Waals surface area contributed by atoms with Gasteiger partial charge in [-0.25, -0.2) is 4.39 Å². The summed E-state index contributed by atoms with van der Waals surface area (Å²) in [5.41, 5.74) is 11.8. The van der Waals surface area contributed by atoms with Gasteiger partial charge in [-0.1, -0.05) is 51.5 Å². The minimum atomic E-state index is -0.251. The van der Waals surface area contributed by atoms with Crippen molar-refractivity contribution in [1.82, 2.24) is 0 Å². The monoisotopic (exact) mass is 294 g/mol. The average molecular weight is 294 g/mol. The lowest BCUT2D eigenvalue weighted by Gasteiger charge is -2.09. The highest BCUT2D eigenvalue weighted by Crippen LogP contribution is 2.16. The van der Waals surface area contributed by atoms with Crippen molar-refractivity contribution in [3.63, 3.8) is 0 Å². The lowest BCUT2D eigenvalue weighted by molar-refractivity contribution is 0.628. The molecule has 0 heterocycles. The van der Waals surface area contributed by atoms with Crippen molar-refractivity contribution in [2.45, 2.75) is 40.5 Å². The number of halogens is 1. The van der Waals surface area contributed by atoms with Gasteiger partial charge in [-0.15, -0.1) is 0 Å². The fraction of sp³-hybridized carbons (Fsp3) is 0.444. The van der Waals surface area contributed by atoms with E-state index in [0.717, 1.165) is 5.92 Å². The van der Waals surface area contributed by atoms with Crippen LogP contribution in [0.1, 0.15) is 40.5 Å². The molecule has 1 aliphatic rings. The summed E-state index contributed by atoms with van der Waals surface area (Å²) in [6.07, 6.45) is 9.29. The molecule has 0 aliphatic heterocycles. The number of allylic oxidation sites excluding steroid dienone is 4. The lowest BCUT2D eigenvalue weighted by Crippen LogP contribution is -1.92. The number of hydrogen-bond acceptors (Lipinski definition) is 2. The number of benzene rings is 1. The van der Waals surface area contributed by atoms with Gasteiger partial charge in [-0.3, -0.25) is 0 Å². The van der Waals surface area contributed by atoms with E-state index < -0.39 is 0 Å². The van der Waals surface area contributed by atoms with E-state index in [2.05, 4.69) is 37.8 Å². The molecule has 2 nitrogen and oxygen atoms in total. The Labute approximate surface area is 129 Å². The summed E-state index contributed by atoms with van der Waals surface area (Å²) < 4.78 is 12.0. The Bertz CT molecular complexity index is 373. The molecule has 1 aliphatic carbocycles. The molecule has 0 saturated heterocycles. The molecule has 0 aromatic heterocycles. The van der Waals surface area contributed by atoms with Crippen molar-refractivity contribution < 1.29 is 4.39 Å². The van der Waals surface area contributed by atoms with Gasteiger partial charge >= 0.3 is 0 Å². The number of rotatable bonds is 1. The van der Waals surface area contributed by atoms with Gasteiger partial charge in [0.05, 0.1) is 0 Å². The van der Waals surface area contributed by atoms with E-state index in [4.69, 9.17) is 5.73 Å². The number of anilines is 1. The molecule has 0 amide bonds. The highest BCUT2D eigenvalue weighted by Gasteiger charge is 1.99. The van der Waals surface area contributed by atoms with Crippen LogP contribution in [0.4, 0.5) is 10.1 Å². The third kappa shape index (κ3) is 11.9. The predicted molar refractivity (Wildman–Crippen MR) is 93.6 cm³/mol. The average Bonchev–Trinajstić information content (AvgIpc) is 2.55. The second-order valence-corrected chi connectivity index (χ2v) is 4.26. The van der Waals surface area contributed by atoms with Crippen molar-refractivity contribution in [1.29, 1.82) is 0 Å². The maximum absolute atomic E-state index is 12.0. The van der Waals surface area contributed by atoms with Gasteiger partial charge in [0.25, 0.3) is 0 Å². The van der Waals surface area contributed by atoms with Crippen LogP contribution in [0.25, 0.3) is 0 Å². The minimum Gasteiger partial charge on any atom is -0.399 e. The Hall–Kier alpha value is -1.61. The molecular formula is C18H31FN2. The summed E-state index contributed by atoms with van der Waals surface area (Å²) >= 11 is 0. The Balaban J connectivity index is 0. The van der Waals surface area contributed by atoms with E-state index in [1.54, 1.807) is 0 Å². The molecule has 2 rings (SSSR count). The number of nitrogens with two attached hydrogens (primary N) is 2. The largest absolute Gasteiger partial charge is 0.399 e. The zero-order chi connectivity index (χ0) is 16.7. The Kier molecular flexibility index (Phi) is 15.3. The van der Waals surface area contributed by atoms with Gasteiger partial charge in [-0.2, -0.15) is 0 Å². The fourth-order valence-electron chi connectivity index (χ4n) is 1.50. The van der Waals surface area contributed by atoms with Crippen molar-refractivity contribution in [2.75, 3.05) is 12.8 Å². The van der Waals surface area contributed by atoms with Crippen molar-refractivity contribution in [2.24, 2.45) is 11.7 Å². The molecule has 0 bridgehead atoms. The first-order valence-corrected chi connectivity index (χ1v) is 7.57. The SMILES string of the molecule is CC.CCC1=CCC(C)C=C1.CN.Nc1ccc(F)cc1. The Morgan fingerprint density at radius 1 is 1.14 bits per heavy atom. The van der Waals surface area contributed by atoms with Gasteiger partial charge in [0, 0.05) is 5.69 Å². The predicted octanol–water partition coefficient (Wildman–Crippen LogP) is 4.93.